The molecular weight excluding hydrogens is 410 g/mol. The second-order valence-electron chi connectivity index (χ2n) is 8.00. The standard InChI is InChI=1S/C18H27N5O3S.CH2O2/c1-13-19-17(21-20-13)27-12-15(24)23-8-4-18(5-9-23)10-14(26-16(18)25)11-22-6-2-3-7-22;2-1-3/h14H,2-12H2,1H3,(H,19,20,21);1H,(H,2,3). The molecule has 3 fully saturated rings. The number of piperidine rings is 1. The molecule has 0 saturated carbocycles. The third-order valence-electron chi connectivity index (χ3n) is 5.96. The number of esters is 1. The first-order chi connectivity index (χ1) is 14.5. The summed E-state index contributed by atoms with van der Waals surface area (Å²) in [5.74, 6) is 1.10. The first-order valence-electron chi connectivity index (χ1n) is 10.3. The summed E-state index contributed by atoms with van der Waals surface area (Å²) in [6, 6.07) is 0. The van der Waals surface area contributed by atoms with E-state index in [1.807, 2.05) is 11.8 Å². The SMILES string of the molecule is Cc1nc(SCC(=O)N2CCC3(CC2)CC(CN2CCCC2)OC3=O)n[nH]1.O=CO. The first kappa shape index (κ1) is 22.5. The fourth-order valence-electron chi connectivity index (χ4n) is 4.39. The molecule has 4 heterocycles. The number of ether oxygens (including phenoxy) is 1. The molecule has 1 atom stereocenters. The van der Waals surface area contributed by atoms with Gasteiger partial charge >= 0.3 is 5.97 Å². The lowest BCUT2D eigenvalue weighted by molar-refractivity contribution is -0.152. The van der Waals surface area contributed by atoms with Gasteiger partial charge in [-0.2, -0.15) is 0 Å². The van der Waals surface area contributed by atoms with Gasteiger partial charge in [-0.15, -0.1) is 5.10 Å². The van der Waals surface area contributed by atoms with Crippen molar-refractivity contribution in [1.82, 2.24) is 25.0 Å². The Kier molecular flexibility index (Phi) is 7.70. The van der Waals surface area contributed by atoms with Gasteiger partial charge in [0, 0.05) is 26.1 Å². The van der Waals surface area contributed by atoms with Gasteiger partial charge in [0.1, 0.15) is 11.9 Å². The van der Waals surface area contributed by atoms with Gasteiger partial charge in [-0.3, -0.25) is 24.4 Å². The fraction of sp³-hybridized carbons (Fsp3) is 0.737. The van der Waals surface area contributed by atoms with Crippen LogP contribution in [0.15, 0.2) is 5.16 Å². The van der Waals surface area contributed by atoms with E-state index in [1.54, 1.807) is 0 Å². The summed E-state index contributed by atoms with van der Waals surface area (Å²) < 4.78 is 5.71. The van der Waals surface area contributed by atoms with Crippen LogP contribution in [0.3, 0.4) is 0 Å². The van der Waals surface area contributed by atoms with Crippen LogP contribution in [-0.4, -0.2) is 93.0 Å². The van der Waals surface area contributed by atoms with Crippen LogP contribution in [-0.2, 0) is 19.1 Å². The fourth-order valence-corrected chi connectivity index (χ4v) is 5.14. The molecule has 1 unspecified atom stereocenters. The van der Waals surface area contributed by atoms with Gasteiger partial charge < -0.3 is 14.7 Å². The molecule has 3 aliphatic rings. The van der Waals surface area contributed by atoms with E-state index in [0.717, 1.165) is 31.9 Å². The maximum absolute atomic E-state index is 12.6. The summed E-state index contributed by atoms with van der Waals surface area (Å²) in [5, 5.41) is 14.3. The molecule has 166 valence electrons. The molecule has 2 N–H and O–H groups in total. The normalized spacial score (nSPS) is 23.2. The molecule has 11 heteroatoms. The Morgan fingerprint density at radius 1 is 1.33 bits per heavy atom. The van der Waals surface area contributed by atoms with Gasteiger partial charge in [0.15, 0.2) is 0 Å². The van der Waals surface area contributed by atoms with Crippen molar-refractivity contribution in [2.75, 3.05) is 38.5 Å². The molecule has 10 nitrogen and oxygen atoms in total. The summed E-state index contributed by atoms with van der Waals surface area (Å²) >= 11 is 1.34. The Bertz CT molecular complexity index is 743. The Labute approximate surface area is 179 Å². The monoisotopic (exact) mass is 439 g/mol. The van der Waals surface area contributed by atoms with Crippen molar-refractivity contribution in [2.24, 2.45) is 5.41 Å². The molecule has 0 aromatic carbocycles. The van der Waals surface area contributed by atoms with E-state index in [4.69, 9.17) is 14.6 Å². The lowest BCUT2D eigenvalue weighted by atomic mass is 9.76. The molecule has 3 aliphatic heterocycles. The number of carbonyl (C=O) groups is 3. The number of nitrogens with zero attached hydrogens (tertiary/aromatic N) is 4. The van der Waals surface area contributed by atoms with E-state index in [9.17, 15) is 9.59 Å². The lowest BCUT2D eigenvalue weighted by Gasteiger charge is -2.36. The number of hydrogen-bond acceptors (Lipinski definition) is 8. The summed E-state index contributed by atoms with van der Waals surface area (Å²) in [7, 11) is 0. The quantitative estimate of drug-likeness (QED) is 0.391. The number of hydrogen-bond donors (Lipinski definition) is 2. The average molecular weight is 440 g/mol. The predicted molar refractivity (Wildman–Crippen MR) is 109 cm³/mol. The highest BCUT2D eigenvalue weighted by Gasteiger charge is 2.51. The molecule has 1 aromatic heterocycles. The molecule has 4 rings (SSSR count). The largest absolute Gasteiger partial charge is 0.483 e. The van der Waals surface area contributed by atoms with E-state index in [0.29, 0.717) is 36.8 Å². The molecule has 3 saturated heterocycles. The smallest absolute Gasteiger partial charge is 0.312 e. The van der Waals surface area contributed by atoms with Gasteiger partial charge in [0.05, 0.1) is 11.2 Å². The van der Waals surface area contributed by atoms with Crippen LogP contribution in [0.5, 0.6) is 0 Å². The zero-order chi connectivity index (χ0) is 21.6. The zero-order valence-corrected chi connectivity index (χ0v) is 18.0. The molecule has 1 spiro atoms. The van der Waals surface area contributed by atoms with Gasteiger partial charge in [-0.05, 0) is 45.7 Å². The van der Waals surface area contributed by atoms with Crippen molar-refractivity contribution in [3.05, 3.63) is 5.82 Å². The summed E-state index contributed by atoms with van der Waals surface area (Å²) in [6.45, 7) is 5.93. The maximum Gasteiger partial charge on any atom is 0.312 e. The summed E-state index contributed by atoms with van der Waals surface area (Å²) in [6.07, 6.45) is 4.72. The van der Waals surface area contributed by atoms with Crippen molar-refractivity contribution in [3.8, 4) is 0 Å². The number of H-pyrrole nitrogens is 1. The molecule has 1 aromatic rings. The van der Waals surface area contributed by atoms with Gasteiger partial charge in [-0.25, -0.2) is 4.98 Å². The van der Waals surface area contributed by atoms with Crippen molar-refractivity contribution >= 4 is 30.1 Å². The van der Waals surface area contributed by atoms with Crippen LogP contribution in [0.1, 0.15) is 37.9 Å². The van der Waals surface area contributed by atoms with Crippen LogP contribution >= 0.6 is 11.8 Å². The third kappa shape index (κ3) is 5.51. The van der Waals surface area contributed by atoms with Gasteiger partial charge in [0.25, 0.3) is 6.47 Å². The average Bonchev–Trinajstić information content (AvgIpc) is 3.44. The first-order valence-corrected chi connectivity index (χ1v) is 11.3. The molecule has 0 radical (unpaired) electrons. The summed E-state index contributed by atoms with van der Waals surface area (Å²) in [4.78, 5) is 41.9. The predicted octanol–water partition coefficient (Wildman–Crippen LogP) is 0.926. The molecule has 0 bridgehead atoms. The maximum atomic E-state index is 12.6. The number of likely N-dealkylation sites (tertiary alicyclic amines) is 2. The van der Waals surface area contributed by atoms with Crippen LogP contribution in [0.4, 0.5) is 0 Å². The minimum atomic E-state index is -0.380. The topological polar surface area (TPSA) is 129 Å². The Hall–Kier alpha value is -2.14. The Morgan fingerprint density at radius 3 is 2.60 bits per heavy atom. The van der Waals surface area contributed by atoms with E-state index in [2.05, 4.69) is 20.1 Å². The van der Waals surface area contributed by atoms with Gasteiger partial charge in [-0.1, -0.05) is 11.8 Å². The van der Waals surface area contributed by atoms with Gasteiger partial charge in [0.2, 0.25) is 11.1 Å². The number of nitrogens with one attached hydrogen (secondary N) is 1. The number of aromatic nitrogens is 3. The number of cyclic esters (lactones) is 1. The van der Waals surface area contributed by atoms with Crippen LogP contribution in [0.2, 0.25) is 0 Å². The summed E-state index contributed by atoms with van der Waals surface area (Å²) in [5.41, 5.74) is -0.380. The van der Waals surface area contributed by atoms with Crippen LogP contribution in [0.25, 0.3) is 0 Å². The number of carbonyl (C=O) groups excluding carboxylic acids is 2. The minimum absolute atomic E-state index is 0.0161. The highest BCUT2D eigenvalue weighted by Crippen LogP contribution is 2.43. The lowest BCUT2D eigenvalue weighted by Crippen LogP contribution is -2.45. The second kappa shape index (κ2) is 10.3. The van der Waals surface area contributed by atoms with Crippen molar-refractivity contribution in [3.63, 3.8) is 0 Å². The molecule has 0 aliphatic carbocycles. The number of rotatable bonds is 5. The second-order valence-corrected chi connectivity index (χ2v) is 8.94. The number of thioether (sulfide) groups is 1. The minimum Gasteiger partial charge on any atom is -0.483 e. The van der Waals surface area contributed by atoms with Crippen LogP contribution in [0, 0.1) is 12.3 Å². The van der Waals surface area contributed by atoms with E-state index >= 15 is 0 Å². The number of carboxylic acid groups (broad SMARTS) is 1. The zero-order valence-electron chi connectivity index (χ0n) is 17.2. The van der Waals surface area contributed by atoms with Crippen molar-refractivity contribution < 1.29 is 24.2 Å². The number of aromatic amines is 1. The number of aryl methyl sites for hydroxylation is 1. The van der Waals surface area contributed by atoms with E-state index in [-0.39, 0.29) is 29.9 Å². The Morgan fingerprint density at radius 2 is 2.00 bits per heavy atom. The highest BCUT2D eigenvalue weighted by atomic mass is 32.2. The molecular formula is C19H29N5O5S. The third-order valence-corrected chi connectivity index (χ3v) is 6.79. The Balaban J connectivity index is 0.000000806. The molecule has 30 heavy (non-hydrogen) atoms. The van der Waals surface area contributed by atoms with Crippen molar-refractivity contribution in [1.29, 1.82) is 0 Å². The van der Waals surface area contributed by atoms with Crippen molar-refractivity contribution in [2.45, 2.75) is 50.3 Å². The highest BCUT2D eigenvalue weighted by molar-refractivity contribution is 7.99. The van der Waals surface area contributed by atoms with E-state index in [1.165, 1.54) is 24.6 Å². The number of amides is 1. The van der Waals surface area contributed by atoms with Crippen LogP contribution < -0.4 is 0 Å². The molecule has 1 amide bonds. The van der Waals surface area contributed by atoms with E-state index < -0.39 is 0 Å².